The standard InChI is InChI=1S/C23H31N5O4S/c1-4-11-28-21-20(16(3)26-28)24-22(25-23(21)29)18-15-17(9-10-19(18)32-14-5-2)33(30,31)27-12-7-6-8-13-27/h9-10,15H,4-8,11-14H2,1-3H3,(H,24,25,29). The normalized spacial score (nSPS) is 15.2. The highest BCUT2D eigenvalue weighted by Crippen LogP contribution is 2.32. The van der Waals surface area contributed by atoms with E-state index < -0.39 is 10.0 Å². The van der Waals surface area contributed by atoms with Gasteiger partial charge in [0.1, 0.15) is 17.1 Å². The fourth-order valence-corrected chi connectivity index (χ4v) is 5.73. The number of benzene rings is 1. The van der Waals surface area contributed by atoms with E-state index in [0.29, 0.717) is 54.3 Å². The van der Waals surface area contributed by atoms with Crippen LogP contribution in [0.1, 0.15) is 51.6 Å². The number of fused-ring (bicyclic) bond motifs is 1. The van der Waals surface area contributed by atoms with Gasteiger partial charge in [-0.15, -0.1) is 0 Å². The molecule has 1 aromatic carbocycles. The van der Waals surface area contributed by atoms with Gasteiger partial charge in [-0.05, 0) is 50.8 Å². The molecule has 0 aliphatic carbocycles. The Bertz CT molecular complexity index is 1310. The predicted octanol–water partition coefficient (Wildman–Crippen LogP) is 3.47. The van der Waals surface area contributed by atoms with Crippen molar-refractivity contribution in [2.24, 2.45) is 0 Å². The van der Waals surface area contributed by atoms with E-state index in [0.717, 1.165) is 32.1 Å². The number of aryl methyl sites for hydroxylation is 2. The molecular weight excluding hydrogens is 442 g/mol. The molecule has 0 saturated carbocycles. The molecule has 178 valence electrons. The van der Waals surface area contributed by atoms with Crippen molar-refractivity contribution < 1.29 is 13.2 Å². The molecule has 1 aliphatic rings. The van der Waals surface area contributed by atoms with Crippen LogP contribution in [0.15, 0.2) is 27.9 Å². The first-order chi connectivity index (χ1) is 15.9. The van der Waals surface area contributed by atoms with E-state index in [9.17, 15) is 13.2 Å². The van der Waals surface area contributed by atoms with Crippen LogP contribution in [0, 0.1) is 6.92 Å². The molecule has 0 unspecified atom stereocenters. The molecular formula is C23H31N5O4S. The highest BCUT2D eigenvalue weighted by molar-refractivity contribution is 7.89. The van der Waals surface area contributed by atoms with Crippen LogP contribution in [0.2, 0.25) is 0 Å². The SMILES string of the molecule is CCCOc1ccc(S(=O)(=O)N2CCCCC2)cc1-c1nc2c(C)nn(CCC)c2c(=O)[nH]1. The Morgan fingerprint density at radius 2 is 1.88 bits per heavy atom. The number of hydrogen-bond donors (Lipinski definition) is 1. The molecule has 9 nitrogen and oxygen atoms in total. The number of rotatable bonds is 8. The van der Waals surface area contributed by atoms with Crippen LogP contribution in [0.4, 0.5) is 0 Å². The van der Waals surface area contributed by atoms with Crippen LogP contribution >= 0.6 is 0 Å². The number of aromatic amines is 1. The third-order valence-corrected chi connectivity index (χ3v) is 7.72. The summed E-state index contributed by atoms with van der Waals surface area (Å²) in [5.74, 6) is 0.754. The minimum atomic E-state index is -3.65. The quantitative estimate of drug-likeness (QED) is 0.536. The Kier molecular flexibility index (Phi) is 6.85. The predicted molar refractivity (Wildman–Crippen MR) is 127 cm³/mol. The molecule has 33 heavy (non-hydrogen) atoms. The third kappa shape index (κ3) is 4.54. The summed E-state index contributed by atoms with van der Waals surface area (Å²) in [6.45, 7) is 7.94. The molecule has 3 aromatic rings. The van der Waals surface area contributed by atoms with Gasteiger partial charge in [0.2, 0.25) is 10.0 Å². The van der Waals surface area contributed by atoms with Gasteiger partial charge in [-0.3, -0.25) is 9.48 Å². The van der Waals surface area contributed by atoms with E-state index in [2.05, 4.69) is 15.1 Å². The minimum absolute atomic E-state index is 0.171. The fraction of sp³-hybridized carbons (Fsp3) is 0.522. The molecule has 1 fully saturated rings. The van der Waals surface area contributed by atoms with E-state index in [1.165, 1.54) is 4.31 Å². The molecule has 0 amide bonds. The molecule has 0 bridgehead atoms. The average Bonchev–Trinajstić information content (AvgIpc) is 3.14. The van der Waals surface area contributed by atoms with E-state index in [4.69, 9.17) is 4.74 Å². The summed E-state index contributed by atoms with van der Waals surface area (Å²) in [5.41, 5.74) is 1.72. The minimum Gasteiger partial charge on any atom is -0.493 e. The van der Waals surface area contributed by atoms with Crippen molar-refractivity contribution >= 4 is 21.1 Å². The Balaban J connectivity index is 1.86. The summed E-state index contributed by atoms with van der Waals surface area (Å²) in [4.78, 5) is 20.7. The lowest BCUT2D eigenvalue weighted by Gasteiger charge is -2.26. The first-order valence-corrected chi connectivity index (χ1v) is 13.1. The van der Waals surface area contributed by atoms with Gasteiger partial charge in [0.05, 0.1) is 22.8 Å². The molecule has 2 aromatic heterocycles. The van der Waals surface area contributed by atoms with Crippen LogP contribution in [-0.4, -0.2) is 52.2 Å². The van der Waals surface area contributed by atoms with Crippen LogP contribution in [0.3, 0.4) is 0 Å². The van der Waals surface area contributed by atoms with Gasteiger partial charge in [-0.2, -0.15) is 9.40 Å². The third-order valence-electron chi connectivity index (χ3n) is 5.82. The maximum Gasteiger partial charge on any atom is 0.277 e. The zero-order valence-electron chi connectivity index (χ0n) is 19.4. The number of sulfonamides is 1. The second-order valence-electron chi connectivity index (χ2n) is 8.39. The van der Waals surface area contributed by atoms with Crippen molar-refractivity contribution in [1.82, 2.24) is 24.1 Å². The lowest BCUT2D eigenvalue weighted by Crippen LogP contribution is -2.35. The Morgan fingerprint density at radius 3 is 2.58 bits per heavy atom. The molecule has 0 radical (unpaired) electrons. The largest absolute Gasteiger partial charge is 0.493 e. The van der Waals surface area contributed by atoms with Crippen molar-refractivity contribution in [3.05, 3.63) is 34.2 Å². The first-order valence-electron chi connectivity index (χ1n) is 11.6. The summed E-state index contributed by atoms with van der Waals surface area (Å²) in [5, 5.41) is 4.47. The van der Waals surface area contributed by atoms with Crippen molar-refractivity contribution in [2.75, 3.05) is 19.7 Å². The van der Waals surface area contributed by atoms with Crippen LogP contribution in [-0.2, 0) is 16.6 Å². The number of piperidine rings is 1. The highest BCUT2D eigenvalue weighted by Gasteiger charge is 2.27. The average molecular weight is 474 g/mol. The molecule has 3 heterocycles. The summed E-state index contributed by atoms with van der Waals surface area (Å²) in [7, 11) is -3.65. The van der Waals surface area contributed by atoms with Crippen molar-refractivity contribution in [3.8, 4) is 17.1 Å². The molecule has 0 atom stereocenters. The number of hydrogen-bond acceptors (Lipinski definition) is 6. The smallest absolute Gasteiger partial charge is 0.277 e. The highest BCUT2D eigenvalue weighted by atomic mass is 32.2. The van der Waals surface area contributed by atoms with E-state index in [1.807, 2.05) is 20.8 Å². The molecule has 1 saturated heterocycles. The monoisotopic (exact) mass is 473 g/mol. The van der Waals surface area contributed by atoms with Gasteiger partial charge in [0.15, 0.2) is 5.52 Å². The Labute approximate surface area is 193 Å². The van der Waals surface area contributed by atoms with Crippen LogP contribution < -0.4 is 10.3 Å². The second kappa shape index (κ2) is 9.64. The Hall–Kier alpha value is -2.72. The Morgan fingerprint density at radius 1 is 1.12 bits per heavy atom. The summed E-state index contributed by atoms with van der Waals surface area (Å²) in [6, 6.07) is 4.78. The lowest BCUT2D eigenvalue weighted by molar-refractivity contribution is 0.318. The van der Waals surface area contributed by atoms with E-state index in [1.54, 1.807) is 22.9 Å². The van der Waals surface area contributed by atoms with Gasteiger partial charge in [0.25, 0.3) is 5.56 Å². The van der Waals surface area contributed by atoms with Gasteiger partial charge in [-0.1, -0.05) is 20.3 Å². The summed E-state index contributed by atoms with van der Waals surface area (Å²) < 4.78 is 35.7. The van der Waals surface area contributed by atoms with Crippen LogP contribution in [0.25, 0.3) is 22.4 Å². The van der Waals surface area contributed by atoms with Gasteiger partial charge < -0.3 is 9.72 Å². The van der Waals surface area contributed by atoms with E-state index >= 15 is 0 Å². The zero-order valence-corrected chi connectivity index (χ0v) is 20.2. The van der Waals surface area contributed by atoms with Crippen molar-refractivity contribution in [2.45, 2.75) is 64.3 Å². The molecule has 0 spiro atoms. The van der Waals surface area contributed by atoms with Crippen molar-refractivity contribution in [1.29, 1.82) is 0 Å². The number of aromatic nitrogens is 4. The summed E-state index contributed by atoms with van der Waals surface area (Å²) >= 11 is 0. The van der Waals surface area contributed by atoms with Gasteiger partial charge in [-0.25, -0.2) is 13.4 Å². The number of ether oxygens (including phenoxy) is 1. The number of H-pyrrole nitrogens is 1. The van der Waals surface area contributed by atoms with Gasteiger partial charge in [0, 0.05) is 19.6 Å². The molecule has 10 heteroatoms. The van der Waals surface area contributed by atoms with Crippen LogP contribution in [0.5, 0.6) is 5.75 Å². The molecule has 1 aliphatic heterocycles. The number of nitrogens with one attached hydrogen (secondary N) is 1. The van der Waals surface area contributed by atoms with Gasteiger partial charge >= 0.3 is 0 Å². The summed E-state index contributed by atoms with van der Waals surface area (Å²) in [6.07, 6.45) is 4.38. The van der Waals surface area contributed by atoms with Crippen molar-refractivity contribution in [3.63, 3.8) is 0 Å². The molecule has 1 N–H and O–H groups in total. The maximum atomic E-state index is 13.3. The lowest BCUT2D eigenvalue weighted by atomic mass is 10.2. The fourth-order valence-electron chi connectivity index (χ4n) is 4.19. The second-order valence-corrected chi connectivity index (χ2v) is 10.3. The topological polar surface area (TPSA) is 110 Å². The zero-order chi connectivity index (χ0) is 23.6. The van der Waals surface area contributed by atoms with E-state index in [-0.39, 0.29) is 16.3 Å². The molecule has 4 rings (SSSR count). The number of nitrogens with zero attached hydrogens (tertiary/aromatic N) is 4. The first kappa shape index (κ1) is 23.4. The maximum absolute atomic E-state index is 13.3.